The molecule has 1 saturated heterocycles. The lowest BCUT2D eigenvalue weighted by Gasteiger charge is -2.47. The van der Waals surface area contributed by atoms with Crippen LogP contribution in [-0.4, -0.2) is 29.6 Å². The highest BCUT2D eigenvalue weighted by molar-refractivity contribution is 14.1. The number of aliphatic hydroxyl groups is 1. The average Bonchev–Trinajstić information content (AvgIpc) is 2.53. The number of rotatable bonds is 2. The second-order valence-electron chi connectivity index (χ2n) is 7.34. The molecule has 124 valence electrons. The van der Waals surface area contributed by atoms with Crippen molar-refractivity contribution in [2.24, 2.45) is 5.41 Å². The van der Waals surface area contributed by atoms with Gasteiger partial charge in [-0.3, -0.25) is 9.78 Å². The van der Waals surface area contributed by atoms with E-state index in [9.17, 15) is 9.90 Å². The highest BCUT2D eigenvalue weighted by Crippen LogP contribution is 2.54. The van der Waals surface area contributed by atoms with Crippen molar-refractivity contribution in [3.63, 3.8) is 0 Å². The summed E-state index contributed by atoms with van der Waals surface area (Å²) in [5, 5.41) is 10.7. The topological polar surface area (TPSA) is 59.4 Å². The molecular weight excluding hydrogens is 405 g/mol. The van der Waals surface area contributed by atoms with E-state index in [0.29, 0.717) is 11.5 Å². The van der Waals surface area contributed by atoms with Gasteiger partial charge in [-0.2, -0.15) is 0 Å². The number of fused-ring (bicyclic) bond motifs is 1. The van der Waals surface area contributed by atoms with E-state index in [1.807, 2.05) is 0 Å². The van der Waals surface area contributed by atoms with Crippen molar-refractivity contribution in [1.29, 1.82) is 0 Å². The zero-order valence-electron chi connectivity index (χ0n) is 13.2. The fourth-order valence-electron chi connectivity index (χ4n) is 4.52. The lowest BCUT2D eigenvalue weighted by Crippen LogP contribution is -2.38. The normalized spacial score (nSPS) is 26.6. The maximum absolute atomic E-state index is 11.7. The van der Waals surface area contributed by atoms with Crippen LogP contribution in [0, 0.1) is 8.99 Å². The molecule has 1 unspecified atom stereocenters. The number of halogens is 1. The van der Waals surface area contributed by atoms with Crippen LogP contribution in [0.3, 0.4) is 0 Å². The summed E-state index contributed by atoms with van der Waals surface area (Å²) in [6, 6.07) is 0. The number of aldehydes is 1. The summed E-state index contributed by atoms with van der Waals surface area (Å²) in [6.45, 7) is 1.48. The molecule has 0 bridgehead atoms. The summed E-state index contributed by atoms with van der Waals surface area (Å²) in [5.41, 5.74) is 3.86. The van der Waals surface area contributed by atoms with Crippen LogP contribution in [0.1, 0.15) is 77.9 Å². The molecule has 3 aliphatic rings. The molecule has 1 aliphatic heterocycles. The van der Waals surface area contributed by atoms with E-state index >= 15 is 0 Å². The van der Waals surface area contributed by atoms with E-state index in [4.69, 9.17) is 9.72 Å². The SMILES string of the molecule is O=Cc1c(C2CCOCC2)nc2c(c1I)C(O)CC1(CCC1)C2. The second kappa shape index (κ2) is 6.08. The van der Waals surface area contributed by atoms with Crippen LogP contribution in [0.25, 0.3) is 0 Å². The first-order valence-electron chi connectivity index (χ1n) is 8.57. The molecule has 4 rings (SSSR count). The van der Waals surface area contributed by atoms with Crippen LogP contribution in [-0.2, 0) is 11.2 Å². The molecule has 1 saturated carbocycles. The summed E-state index contributed by atoms with van der Waals surface area (Å²) in [4.78, 5) is 16.7. The molecule has 1 spiro atoms. The van der Waals surface area contributed by atoms with Gasteiger partial charge in [-0.05, 0) is 66.5 Å². The lowest BCUT2D eigenvalue weighted by atomic mass is 9.60. The van der Waals surface area contributed by atoms with Gasteiger partial charge in [0.1, 0.15) is 0 Å². The van der Waals surface area contributed by atoms with E-state index in [1.54, 1.807) is 0 Å². The van der Waals surface area contributed by atoms with Crippen molar-refractivity contribution in [3.8, 4) is 0 Å². The van der Waals surface area contributed by atoms with Gasteiger partial charge in [0.05, 0.1) is 11.8 Å². The first-order valence-corrected chi connectivity index (χ1v) is 9.64. The third-order valence-corrected chi connectivity index (χ3v) is 7.12. The van der Waals surface area contributed by atoms with E-state index < -0.39 is 6.10 Å². The molecule has 4 nitrogen and oxygen atoms in total. The molecule has 2 aliphatic carbocycles. The molecule has 5 heteroatoms. The van der Waals surface area contributed by atoms with Crippen LogP contribution in [0.5, 0.6) is 0 Å². The Morgan fingerprint density at radius 3 is 2.65 bits per heavy atom. The molecule has 0 radical (unpaired) electrons. The van der Waals surface area contributed by atoms with Crippen LogP contribution >= 0.6 is 22.6 Å². The molecule has 1 aromatic rings. The highest BCUT2D eigenvalue weighted by atomic mass is 127. The predicted octanol–water partition coefficient (Wildman–Crippen LogP) is 3.54. The number of carbonyl (C=O) groups is 1. The van der Waals surface area contributed by atoms with Gasteiger partial charge in [-0.15, -0.1) is 0 Å². The van der Waals surface area contributed by atoms with Gasteiger partial charge in [0.25, 0.3) is 0 Å². The Hall–Kier alpha value is -0.530. The number of aromatic nitrogens is 1. The summed E-state index contributed by atoms with van der Waals surface area (Å²) in [7, 11) is 0. The average molecular weight is 427 g/mol. The quantitative estimate of drug-likeness (QED) is 0.580. The minimum atomic E-state index is -0.471. The first-order chi connectivity index (χ1) is 11.1. The minimum absolute atomic E-state index is 0.262. The maximum atomic E-state index is 11.7. The Morgan fingerprint density at radius 1 is 1.30 bits per heavy atom. The molecule has 2 heterocycles. The van der Waals surface area contributed by atoms with Gasteiger partial charge in [-0.25, -0.2) is 0 Å². The van der Waals surface area contributed by atoms with Gasteiger partial charge in [0, 0.05) is 39.5 Å². The van der Waals surface area contributed by atoms with Crippen molar-refractivity contribution in [3.05, 3.63) is 26.1 Å². The molecule has 1 aromatic heterocycles. The Kier molecular flexibility index (Phi) is 4.22. The fraction of sp³-hybridized carbons (Fsp3) is 0.667. The van der Waals surface area contributed by atoms with Crippen LogP contribution in [0.15, 0.2) is 0 Å². The molecule has 0 amide bonds. The number of ether oxygens (including phenoxy) is 1. The van der Waals surface area contributed by atoms with Crippen molar-refractivity contribution >= 4 is 28.9 Å². The summed E-state index contributed by atoms with van der Waals surface area (Å²) in [6.07, 6.45) is 7.76. The maximum Gasteiger partial charge on any atom is 0.152 e. The Labute approximate surface area is 150 Å². The number of hydrogen-bond donors (Lipinski definition) is 1. The molecular formula is C18H22INO3. The van der Waals surface area contributed by atoms with E-state index in [1.165, 1.54) is 19.3 Å². The first kappa shape index (κ1) is 16.0. The van der Waals surface area contributed by atoms with E-state index in [0.717, 1.165) is 65.7 Å². The zero-order valence-corrected chi connectivity index (χ0v) is 15.3. The third kappa shape index (κ3) is 2.65. The van der Waals surface area contributed by atoms with E-state index in [-0.39, 0.29) is 5.41 Å². The van der Waals surface area contributed by atoms with Crippen molar-refractivity contribution in [2.75, 3.05) is 13.2 Å². The van der Waals surface area contributed by atoms with E-state index in [2.05, 4.69) is 22.6 Å². The number of carbonyl (C=O) groups excluding carboxylic acids is 1. The smallest absolute Gasteiger partial charge is 0.152 e. The molecule has 2 fully saturated rings. The van der Waals surface area contributed by atoms with Crippen LogP contribution in [0.2, 0.25) is 0 Å². The van der Waals surface area contributed by atoms with Gasteiger partial charge in [0.2, 0.25) is 0 Å². The standard InChI is InChI=1S/C18H22INO3/c19-16-12(10-21)17(11-2-6-23-7-3-11)20-13-8-18(4-1-5-18)9-14(22)15(13)16/h10-11,14,22H,1-9H2. The second-order valence-corrected chi connectivity index (χ2v) is 8.42. The highest BCUT2D eigenvalue weighted by Gasteiger charge is 2.45. The van der Waals surface area contributed by atoms with Crippen molar-refractivity contribution in [2.45, 2.75) is 57.0 Å². The van der Waals surface area contributed by atoms with Gasteiger partial charge >= 0.3 is 0 Å². The molecule has 1 N–H and O–H groups in total. The number of nitrogens with zero attached hydrogens (tertiary/aromatic N) is 1. The molecule has 0 aromatic carbocycles. The third-order valence-electron chi connectivity index (χ3n) is 5.96. The van der Waals surface area contributed by atoms with Gasteiger partial charge < -0.3 is 9.84 Å². The Balaban J connectivity index is 1.80. The number of aliphatic hydroxyl groups excluding tert-OH is 1. The van der Waals surface area contributed by atoms with Crippen LogP contribution < -0.4 is 0 Å². The molecule has 23 heavy (non-hydrogen) atoms. The zero-order chi connectivity index (χ0) is 16.0. The monoisotopic (exact) mass is 427 g/mol. The Bertz CT molecular complexity index is 636. The predicted molar refractivity (Wildman–Crippen MR) is 94.7 cm³/mol. The Morgan fingerprint density at radius 2 is 2.04 bits per heavy atom. The van der Waals surface area contributed by atoms with Gasteiger partial charge in [-0.1, -0.05) is 6.42 Å². The fourth-order valence-corrected chi connectivity index (χ4v) is 5.59. The number of hydrogen-bond acceptors (Lipinski definition) is 4. The number of pyridine rings is 1. The van der Waals surface area contributed by atoms with Crippen molar-refractivity contribution < 1.29 is 14.6 Å². The summed E-state index contributed by atoms with van der Waals surface area (Å²) in [5.74, 6) is 0.305. The minimum Gasteiger partial charge on any atom is -0.388 e. The lowest BCUT2D eigenvalue weighted by molar-refractivity contribution is 0.0236. The van der Waals surface area contributed by atoms with Crippen LogP contribution in [0.4, 0.5) is 0 Å². The van der Waals surface area contributed by atoms with Gasteiger partial charge in [0.15, 0.2) is 6.29 Å². The summed E-state index contributed by atoms with van der Waals surface area (Å²) < 4.78 is 6.38. The summed E-state index contributed by atoms with van der Waals surface area (Å²) >= 11 is 2.24. The largest absolute Gasteiger partial charge is 0.388 e. The molecule has 1 atom stereocenters. The van der Waals surface area contributed by atoms with Crippen molar-refractivity contribution in [1.82, 2.24) is 4.98 Å².